The van der Waals surface area contributed by atoms with E-state index < -0.39 is 5.97 Å². The van der Waals surface area contributed by atoms with Gasteiger partial charge in [0.05, 0.1) is 6.54 Å². The second-order valence-electron chi connectivity index (χ2n) is 6.24. The predicted octanol–water partition coefficient (Wildman–Crippen LogP) is 3.63. The van der Waals surface area contributed by atoms with Crippen LogP contribution < -0.4 is 0 Å². The molecule has 3 heteroatoms. The van der Waals surface area contributed by atoms with E-state index in [0.29, 0.717) is 23.9 Å². The van der Waals surface area contributed by atoms with Crippen molar-refractivity contribution < 1.29 is 9.90 Å². The van der Waals surface area contributed by atoms with Crippen molar-refractivity contribution in [1.82, 2.24) is 4.90 Å². The highest BCUT2D eigenvalue weighted by molar-refractivity contribution is 5.69. The van der Waals surface area contributed by atoms with Crippen molar-refractivity contribution in [2.24, 2.45) is 11.8 Å². The summed E-state index contributed by atoms with van der Waals surface area (Å²) in [5, 5.41) is 9.10. The van der Waals surface area contributed by atoms with Gasteiger partial charge in [-0.15, -0.1) is 0 Å². The van der Waals surface area contributed by atoms with Gasteiger partial charge < -0.3 is 5.11 Å². The summed E-state index contributed by atoms with van der Waals surface area (Å²) in [6.07, 6.45) is 3.16. The van der Waals surface area contributed by atoms with E-state index in [9.17, 15) is 4.79 Å². The molecule has 1 N–H and O–H groups in total. The van der Waals surface area contributed by atoms with Crippen molar-refractivity contribution >= 4 is 5.97 Å². The normalized spacial score (nSPS) is 13.9. The lowest BCUT2D eigenvalue weighted by atomic mass is 9.93. The summed E-state index contributed by atoms with van der Waals surface area (Å²) in [5.41, 5.74) is 0. The number of nitrogens with zero attached hydrogens (tertiary/aromatic N) is 1. The van der Waals surface area contributed by atoms with E-state index in [2.05, 4.69) is 46.4 Å². The monoisotopic (exact) mass is 257 g/mol. The van der Waals surface area contributed by atoms with Crippen molar-refractivity contribution in [3.8, 4) is 0 Å². The molecule has 0 fully saturated rings. The maximum Gasteiger partial charge on any atom is 0.317 e. The molecule has 0 aromatic rings. The molecule has 0 aliphatic rings. The molecule has 0 spiro atoms. The van der Waals surface area contributed by atoms with E-state index in [-0.39, 0.29) is 6.54 Å². The smallest absolute Gasteiger partial charge is 0.317 e. The third-order valence-corrected chi connectivity index (χ3v) is 3.43. The zero-order chi connectivity index (χ0) is 14.3. The zero-order valence-corrected chi connectivity index (χ0v) is 12.9. The SMILES string of the molecule is CCC(C)N(CC(=O)O)C(CC(C)C)CC(C)C. The van der Waals surface area contributed by atoms with Crippen LogP contribution in [0.3, 0.4) is 0 Å². The molecule has 1 unspecified atom stereocenters. The summed E-state index contributed by atoms with van der Waals surface area (Å²) in [6.45, 7) is 13.3. The number of carboxylic acid groups (broad SMARTS) is 1. The number of carboxylic acids is 1. The van der Waals surface area contributed by atoms with Gasteiger partial charge in [-0.1, -0.05) is 34.6 Å². The van der Waals surface area contributed by atoms with Crippen LogP contribution in [-0.2, 0) is 4.79 Å². The van der Waals surface area contributed by atoms with Crippen LogP contribution >= 0.6 is 0 Å². The van der Waals surface area contributed by atoms with E-state index in [0.717, 1.165) is 19.3 Å². The van der Waals surface area contributed by atoms with Crippen LogP contribution in [0.15, 0.2) is 0 Å². The van der Waals surface area contributed by atoms with Gasteiger partial charge in [-0.3, -0.25) is 9.69 Å². The highest BCUT2D eigenvalue weighted by atomic mass is 16.4. The summed E-state index contributed by atoms with van der Waals surface area (Å²) in [6, 6.07) is 0.722. The summed E-state index contributed by atoms with van der Waals surface area (Å²) >= 11 is 0. The first-order chi connectivity index (χ1) is 8.27. The minimum Gasteiger partial charge on any atom is -0.480 e. The molecule has 0 aromatic heterocycles. The van der Waals surface area contributed by atoms with Crippen LogP contribution in [0.25, 0.3) is 0 Å². The lowest BCUT2D eigenvalue weighted by Crippen LogP contribution is -2.45. The summed E-state index contributed by atoms with van der Waals surface area (Å²) in [7, 11) is 0. The Morgan fingerprint density at radius 2 is 1.50 bits per heavy atom. The Kier molecular flexibility index (Phi) is 8.25. The largest absolute Gasteiger partial charge is 0.480 e. The molecule has 0 saturated carbocycles. The van der Waals surface area contributed by atoms with Gasteiger partial charge in [0.1, 0.15) is 0 Å². The van der Waals surface area contributed by atoms with Crippen molar-refractivity contribution in [2.45, 2.75) is 72.9 Å². The molecule has 0 radical (unpaired) electrons. The molecule has 18 heavy (non-hydrogen) atoms. The molecule has 0 heterocycles. The van der Waals surface area contributed by atoms with Crippen LogP contribution in [0.4, 0.5) is 0 Å². The lowest BCUT2D eigenvalue weighted by Gasteiger charge is -2.37. The average molecular weight is 257 g/mol. The number of hydrogen-bond acceptors (Lipinski definition) is 2. The first-order valence-electron chi connectivity index (χ1n) is 7.25. The van der Waals surface area contributed by atoms with Gasteiger partial charge in [0.15, 0.2) is 0 Å². The fourth-order valence-electron chi connectivity index (χ4n) is 2.49. The first kappa shape index (κ1) is 17.4. The Hall–Kier alpha value is -0.570. The number of aliphatic carboxylic acids is 1. The molecule has 1 atom stereocenters. The Balaban J connectivity index is 4.86. The fraction of sp³-hybridized carbons (Fsp3) is 0.933. The molecule has 0 aliphatic carbocycles. The van der Waals surface area contributed by atoms with Gasteiger partial charge >= 0.3 is 5.97 Å². The second-order valence-corrected chi connectivity index (χ2v) is 6.24. The third-order valence-electron chi connectivity index (χ3n) is 3.43. The van der Waals surface area contributed by atoms with E-state index in [1.165, 1.54) is 0 Å². The number of rotatable bonds is 9. The van der Waals surface area contributed by atoms with Crippen molar-refractivity contribution in [2.75, 3.05) is 6.54 Å². The highest BCUT2D eigenvalue weighted by Gasteiger charge is 2.26. The van der Waals surface area contributed by atoms with E-state index in [1.807, 2.05) is 0 Å². The first-order valence-corrected chi connectivity index (χ1v) is 7.25. The Morgan fingerprint density at radius 3 is 1.78 bits per heavy atom. The Bertz CT molecular complexity index is 229. The molecule has 0 amide bonds. The standard InChI is InChI=1S/C15H31NO2/c1-7-13(6)16(10-15(17)18)14(8-11(2)3)9-12(4)5/h11-14H,7-10H2,1-6H3,(H,17,18). The minimum atomic E-state index is -0.715. The predicted molar refractivity (Wildman–Crippen MR) is 76.8 cm³/mol. The van der Waals surface area contributed by atoms with Crippen molar-refractivity contribution in [3.05, 3.63) is 0 Å². The Labute approximate surface area is 113 Å². The maximum absolute atomic E-state index is 11.1. The zero-order valence-electron chi connectivity index (χ0n) is 12.9. The van der Waals surface area contributed by atoms with Crippen LogP contribution in [0.5, 0.6) is 0 Å². The molecule has 0 aliphatic heterocycles. The molecular formula is C15H31NO2. The minimum absolute atomic E-state index is 0.166. The third kappa shape index (κ3) is 7.00. The number of hydrogen-bond donors (Lipinski definition) is 1. The molecule has 0 bridgehead atoms. The van der Waals surface area contributed by atoms with Crippen LogP contribution in [0, 0.1) is 11.8 Å². The highest BCUT2D eigenvalue weighted by Crippen LogP contribution is 2.22. The van der Waals surface area contributed by atoms with Crippen molar-refractivity contribution in [3.63, 3.8) is 0 Å². The fourth-order valence-corrected chi connectivity index (χ4v) is 2.49. The molecule has 108 valence electrons. The molecular weight excluding hydrogens is 226 g/mol. The maximum atomic E-state index is 11.1. The quantitative estimate of drug-likeness (QED) is 0.685. The molecule has 0 saturated heterocycles. The van der Waals surface area contributed by atoms with E-state index in [1.54, 1.807) is 0 Å². The Morgan fingerprint density at radius 1 is 1.06 bits per heavy atom. The number of carbonyl (C=O) groups is 1. The molecule has 0 rings (SSSR count). The van der Waals surface area contributed by atoms with E-state index in [4.69, 9.17) is 5.11 Å². The molecule has 3 nitrogen and oxygen atoms in total. The van der Waals surface area contributed by atoms with Gasteiger partial charge in [0.25, 0.3) is 0 Å². The van der Waals surface area contributed by atoms with Gasteiger partial charge in [-0.05, 0) is 38.0 Å². The topological polar surface area (TPSA) is 40.5 Å². The van der Waals surface area contributed by atoms with E-state index >= 15 is 0 Å². The summed E-state index contributed by atoms with van der Waals surface area (Å²) < 4.78 is 0. The second kappa shape index (κ2) is 8.52. The van der Waals surface area contributed by atoms with Crippen LogP contribution in [0.1, 0.15) is 60.8 Å². The van der Waals surface area contributed by atoms with Gasteiger partial charge in [-0.25, -0.2) is 0 Å². The summed E-state index contributed by atoms with van der Waals surface area (Å²) in [5.74, 6) is 0.496. The average Bonchev–Trinajstić information content (AvgIpc) is 2.22. The molecule has 0 aromatic carbocycles. The lowest BCUT2D eigenvalue weighted by molar-refractivity contribution is -0.139. The van der Waals surface area contributed by atoms with Crippen molar-refractivity contribution in [1.29, 1.82) is 0 Å². The van der Waals surface area contributed by atoms with Crippen LogP contribution in [0.2, 0.25) is 0 Å². The van der Waals surface area contributed by atoms with Gasteiger partial charge in [-0.2, -0.15) is 0 Å². The van der Waals surface area contributed by atoms with Crippen LogP contribution in [-0.4, -0.2) is 34.6 Å². The van der Waals surface area contributed by atoms with Gasteiger partial charge in [0, 0.05) is 12.1 Å². The van der Waals surface area contributed by atoms with Gasteiger partial charge in [0.2, 0.25) is 0 Å². The summed E-state index contributed by atoms with van der Waals surface area (Å²) in [4.78, 5) is 13.2.